The molecule has 1 aliphatic heterocycles. The van der Waals surface area contributed by atoms with Crippen molar-refractivity contribution < 1.29 is 5.11 Å². The van der Waals surface area contributed by atoms with E-state index in [1.807, 2.05) is 6.92 Å². The summed E-state index contributed by atoms with van der Waals surface area (Å²) in [7, 11) is 0. The zero-order valence-electron chi connectivity index (χ0n) is 9.86. The molecule has 16 heavy (non-hydrogen) atoms. The Morgan fingerprint density at radius 3 is 2.69 bits per heavy atom. The van der Waals surface area contributed by atoms with Crippen LogP contribution >= 0.6 is 11.8 Å². The molecule has 1 aliphatic rings. The van der Waals surface area contributed by atoms with Gasteiger partial charge in [-0.05, 0) is 54.7 Å². The molecular weight excluding hydrogens is 216 g/mol. The first kappa shape index (κ1) is 12.0. The Labute approximate surface area is 102 Å². The molecule has 1 aromatic rings. The van der Waals surface area contributed by atoms with E-state index in [1.54, 1.807) is 0 Å². The fourth-order valence-electron chi connectivity index (χ4n) is 2.45. The zero-order valence-corrected chi connectivity index (χ0v) is 10.7. The van der Waals surface area contributed by atoms with Gasteiger partial charge in [0.25, 0.3) is 0 Å². The van der Waals surface area contributed by atoms with Crippen LogP contribution in [-0.2, 0) is 6.42 Å². The summed E-state index contributed by atoms with van der Waals surface area (Å²) in [5.41, 5.74) is 2.82. The number of rotatable bonds is 3. The minimum absolute atomic E-state index is 0.237. The van der Waals surface area contributed by atoms with Crippen molar-refractivity contribution in [2.75, 3.05) is 11.5 Å². The van der Waals surface area contributed by atoms with Gasteiger partial charge < -0.3 is 5.11 Å². The van der Waals surface area contributed by atoms with Crippen molar-refractivity contribution in [3.8, 4) is 0 Å². The lowest BCUT2D eigenvalue weighted by atomic mass is 9.88. The van der Waals surface area contributed by atoms with Crippen LogP contribution in [0.25, 0.3) is 0 Å². The third-order valence-electron chi connectivity index (χ3n) is 3.23. The Bertz CT molecular complexity index is 329. The standard InChI is InChI=1S/C14H20OS/c1-11(15)10-13-4-2-3-5-14(13)12-6-8-16-9-7-12/h2-5,11-12,15H,6-10H2,1H3. The fraction of sp³-hybridized carbons (Fsp3) is 0.571. The van der Waals surface area contributed by atoms with E-state index in [2.05, 4.69) is 36.0 Å². The number of hydrogen-bond acceptors (Lipinski definition) is 2. The highest BCUT2D eigenvalue weighted by molar-refractivity contribution is 7.99. The van der Waals surface area contributed by atoms with Crippen molar-refractivity contribution >= 4 is 11.8 Å². The predicted octanol–water partition coefficient (Wildman–Crippen LogP) is 3.22. The van der Waals surface area contributed by atoms with Crippen LogP contribution < -0.4 is 0 Å². The number of aliphatic hydroxyl groups excluding tert-OH is 1. The quantitative estimate of drug-likeness (QED) is 0.869. The summed E-state index contributed by atoms with van der Waals surface area (Å²) in [6, 6.07) is 8.63. The first-order valence-corrected chi connectivity index (χ1v) is 7.26. The van der Waals surface area contributed by atoms with E-state index in [0.29, 0.717) is 0 Å². The Morgan fingerprint density at radius 1 is 1.31 bits per heavy atom. The molecule has 88 valence electrons. The molecule has 0 aliphatic carbocycles. The molecule has 1 nitrogen and oxygen atoms in total. The Morgan fingerprint density at radius 2 is 2.00 bits per heavy atom. The van der Waals surface area contributed by atoms with Crippen LogP contribution in [0.15, 0.2) is 24.3 Å². The lowest BCUT2D eigenvalue weighted by Gasteiger charge is -2.24. The van der Waals surface area contributed by atoms with Crippen molar-refractivity contribution in [2.45, 2.75) is 38.2 Å². The third kappa shape index (κ3) is 3.02. The minimum atomic E-state index is -0.237. The molecule has 0 radical (unpaired) electrons. The summed E-state index contributed by atoms with van der Waals surface area (Å²) in [5.74, 6) is 3.29. The molecule has 1 N–H and O–H groups in total. The van der Waals surface area contributed by atoms with E-state index in [1.165, 1.54) is 35.5 Å². The molecule has 2 rings (SSSR count). The molecule has 1 heterocycles. The summed E-state index contributed by atoms with van der Waals surface area (Å²) in [6.07, 6.45) is 3.14. The van der Waals surface area contributed by atoms with Crippen LogP contribution in [0.3, 0.4) is 0 Å². The van der Waals surface area contributed by atoms with Gasteiger partial charge in [-0.25, -0.2) is 0 Å². The van der Waals surface area contributed by atoms with Gasteiger partial charge >= 0.3 is 0 Å². The minimum Gasteiger partial charge on any atom is -0.393 e. The van der Waals surface area contributed by atoms with Gasteiger partial charge in [0.1, 0.15) is 0 Å². The van der Waals surface area contributed by atoms with Gasteiger partial charge in [0.15, 0.2) is 0 Å². The predicted molar refractivity (Wildman–Crippen MR) is 71.1 cm³/mol. The fourth-order valence-corrected chi connectivity index (χ4v) is 3.55. The van der Waals surface area contributed by atoms with Gasteiger partial charge in [0, 0.05) is 0 Å². The first-order valence-electron chi connectivity index (χ1n) is 6.11. The van der Waals surface area contributed by atoms with Crippen molar-refractivity contribution in [2.24, 2.45) is 0 Å². The van der Waals surface area contributed by atoms with Crippen molar-refractivity contribution in [1.82, 2.24) is 0 Å². The van der Waals surface area contributed by atoms with Crippen molar-refractivity contribution in [3.05, 3.63) is 35.4 Å². The average Bonchev–Trinajstić information content (AvgIpc) is 2.30. The second kappa shape index (κ2) is 5.74. The lowest BCUT2D eigenvalue weighted by molar-refractivity contribution is 0.195. The van der Waals surface area contributed by atoms with Gasteiger partial charge in [-0.1, -0.05) is 24.3 Å². The number of hydrogen-bond donors (Lipinski definition) is 1. The summed E-state index contributed by atoms with van der Waals surface area (Å²) in [4.78, 5) is 0. The maximum Gasteiger partial charge on any atom is 0.0552 e. The van der Waals surface area contributed by atoms with E-state index in [-0.39, 0.29) is 6.10 Å². The molecule has 1 atom stereocenters. The lowest BCUT2D eigenvalue weighted by Crippen LogP contribution is -2.13. The topological polar surface area (TPSA) is 20.2 Å². The third-order valence-corrected chi connectivity index (χ3v) is 4.28. The van der Waals surface area contributed by atoms with Crippen LogP contribution in [0.2, 0.25) is 0 Å². The normalized spacial score (nSPS) is 19.6. The molecule has 1 fully saturated rings. The van der Waals surface area contributed by atoms with E-state index in [4.69, 9.17) is 0 Å². The zero-order chi connectivity index (χ0) is 11.4. The van der Waals surface area contributed by atoms with Gasteiger partial charge in [0.2, 0.25) is 0 Å². The largest absolute Gasteiger partial charge is 0.393 e. The number of benzene rings is 1. The van der Waals surface area contributed by atoms with Gasteiger partial charge in [-0.2, -0.15) is 11.8 Å². The van der Waals surface area contributed by atoms with Crippen LogP contribution in [-0.4, -0.2) is 22.7 Å². The average molecular weight is 236 g/mol. The molecule has 2 heteroatoms. The molecule has 1 aromatic carbocycles. The molecule has 1 unspecified atom stereocenters. The molecule has 0 saturated carbocycles. The Balaban J connectivity index is 2.17. The monoisotopic (exact) mass is 236 g/mol. The van der Waals surface area contributed by atoms with Crippen LogP contribution in [0, 0.1) is 0 Å². The van der Waals surface area contributed by atoms with E-state index < -0.39 is 0 Å². The highest BCUT2D eigenvalue weighted by Gasteiger charge is 2.18. The van der Waals surface area contributed by atoms with Crippen LogP contribution in [0.5, 0.6) is 0 Å². The smallest absolute Gasteiger partial charge is 0.0552 e. The van der Waals surface area contributed by atoms with Gasteiger partial charge in [-0.15, -0.1) is 0 Å². The SMILES string of the molecule is CC(O)Cc1ccccc1C1CCSCC1. The summed E-state index contributed by atoms with van der Waals surface area (Å²) in [5, 5.41) is 9.52. The van der Waals surface area contributed by atoms with E-state index in [9.17, 15) is 5.11 Å². The molecule has 0 amide bonds. The molecule has 1 saturated heterocycles. The molecule has 0 bridgehead atoms. The van der Waals surface area contributed by atoms with Gasteiger partial charge in [-0.3, -0.25) is 0 Å². The van der Waals surface area contributed by atoms with E-state index in [0.717, 1.165) is 12.3 Å². The number of aliphatic hydroxyl groups is 1. The van der Waals surface area contributed by atoms with Crippen molar-refractivity contribution in [3.63, 3.8) is 0 Å². The van der Waals surface area contributed by atoms with Crippen molar-refractivity contribution in [1.29, 1.82) is 0 Å². The highest BCUT2D eigenvalue weighted by atomic mass is 32.2. The van der Waals surface area contributed by atoms with Crippen LogP contribution in [0.4, 0.5) is 0 Å². The first-order chi connectivity index (χ1) is 7.77. The second-order valence-electron chi connectivity index (χ2n) is 4.64. The maximum atomic E-state index is 9.52. The number of thioether (sulfide) groups is 1. The Hall–Kier alpha value is -0.470. The summed E-state index contributed by atoms with van der Waals surface area (Å²) in [6.45, 7) is 1.87. The maximum absolute atomic E-state index is 9.52. The second-order valence-corrected chi connectivity index (χ2v) is 5.86. The molecular formula is C14H20OS. The summed E-state index contributed by atoms with van der Waals surface area (Å²) < 4.78 is 0. The highest BCUT2D eigenvalue weighted by Crippen LogP contribution is 2.33. The van der Waals surface area contributed by atoms with Crippen LogP contribution in [0.1, 0.15) is 36.8 Å². The van der Waals surface area contributed by atoms with E-state index >= 15 is 0 Å². The molecule has 0 aromatic heterocycles. The molecule has 0 spiro atoms. The summed E-state index contributed by atoms with van der Waals surface area (Å²) >= 11 is 2.06. The Kier molecular flexibility index (Phi) is 4.30. The van der Waals surface area contributed by atoms with Gasteiger partial charge in [0.05, 0.1) is 6.10 Å².